The largest absolute Gasteiger partial charge is 0.751 e. The predicted molar refractivity (Wildman–Crippen MR) is 97.5 cm³/mol. The van der Waals surface area contributed by atoms with Gasteiger partial charge in [0.1, 0.15) is 0 Å². The van der Waals surface area contributed by atoms with Gasteiger partial charge in [-0.15, -0.1) is 0 Å². The number of carbonyl (C=O) groups is 1. The zero-order valence-electron chi connectivity index (χ0n) is 15.4. The molecule has 0 bridgehead atoms. The SMILES string of the molecule is CO[Si](OC)(OCCCCN(CCN)Cc1ccccc1)OC(C)=O. The molecule has 0 saturated carbocycles. The fraction of sp³-hybridized carbons (Fsp3) is 0.588. The molecule has 0 atom stereocenters. The van der Waals surface area contributed by atoms with Crippen molar-refractivity contribution in [1.82, 2.24) is 4.90 Å². The van der Waals surface area contributed by atoms with Gasteiger partial charge in [0.2, 0.25) is 0 Å². The fourth-order valence-corrected chi connectivity index (χ4v) is 3.79. The van der Waals surface area contributed by atoms with E-state index < -0.39 is 15.0 Å². The molecule has 1 aromatic carbocycles. The van der Waals surface area contributed by atoms with Crippen molar-refractivity contribution in [3.63, 3.8) is 0 Å². The van der Waals surface area contributed by atoms with E-state index in [-0.39, 0.29) is 0 Å². The molecule has 25 heavy (non-hydrogen) atoms. The number of carbonyl (C=O) groups excluding carboxylic acids is 1. The van der Waals surface area contributed by atoms with Crippen LogP contribution in [0.2, 0.25) is 0 Å². The standard InChI is InChI=1S/C17H30N2O5Si/c1-16(20)24-25(21-2,22-3)23-14-8-7-12-19(13-11-18)15-17-9-5-4-6-10-17/h4-6,9-10H,7-8,11-15,18H2,1-3H3. The molecule has 8 heteroatoms. The van der Waals surface area contributed by atoms with Gasteiger partial charge < -0.3 is 23.4 Å². The Balaban J connectivity index is 2.36. The molecule has 0 aliphatic heterocycles. The zero-order chi connectivity index (χ0) is 18.5. The van der Waals surface area contributed by atoms with E-state index in [1.54, 1.807) is 0 Å². The van der Waals surface area contributed by atoms with Gasteiger partial charge in [0.15, 0.2) is 0 Å². The van der Waals surface area contributed by atoms with E-state index in [4.69, 9.17) is 23.4 Å². The van der Waals surface area contributed by atoms with Crippen LogP contribution in [0.25, 0.3) is 0 Å². The molecule has 0 aliphatic rings. The van der Waals surface area contributed by atoms with Gasteiger partial charge in [-0.2, -0.15) is 0 Å². The fourth-order valence-electron chi connectivity index (χ4n) is 2.42. The molecule has 7 nitrogen and oxygen atoms in total. The van der Waals surface area contributed by atoms with Crippen LogP contribution >= 0.6 is 0 Å². The number of unbranched alkanes of at least 4 members (excludes halogenated alkanes) is 1. The third-order valence-electron chi connectivity index (χ3n) is 3.61. The summed E-state index contributed by atoms with van der Waals surface area (Å²) in [4.78, 5) is 13.5. The lowest BCUT2D eigenvalue weighted by Crippen LogP contribution is -2.48. The summed E-state index contributed by atoms with van der Waals surface area (Å²) in [5.74, 6) is -0.479. The molecule has 0 unspecified atom stereocenters. The predicted octanol–water partition coefficient (Wildman–Crippen LogP) is 1.54. The molecule has 0 aromatic heterocycles. The van der Waals surface area contributed by atoms with E-state index in [9.17, 15) is 4.79 Å². The van der Waals surface area contributed by atoms with Crippen LogP contribution in [-0.2, 0) is 29.0 Å². The average molecular weight is 371 g/mol. The molecule has 0 aliphatic carbocycles. The molecule has 1 aromatic rings. The third kappa shape index (κ3) is 8.57. The Bertz CT molecular complexity index is 485. The topological polar surface area (TPSA) is 83.2 Å². The van der Waals surface area contributed by atoms with Gasteiger partial charge in [0.05, 0.1) is 0 Å². The third-order valence-corrected chi connectivity index (χ3v) is 5.71. The molecule has 142 valence electrons. The Morgan fingerprint density at radius 1 is 1.12 bits per heavy atom. The summed E-state index contributed by atoms with van der Waals surface area (Å²) in [5, 5.41) is 0. The molecule has 0 saturated heterocycles. The van der Waals surface area contributed by atoms with E-state index in [2.05, 4.69) is 17.0 Å². The highest BCUT2D eigenvalue weighted by molar-refractivity contribution is 6.55. The lowest BCUT2D eigenvalue weighted by molar-refractivity contribution is -0.140. The van der Waals surface area contributed by atoms with Crippen LogP contribution in [0.5, 0.6) is 0 Å². The minimum Gasteiger partial charge on any atom is -0.452 e. The van der Waals surface area contributed by atoms with Crippen LogP contribution in [0.1, 0.15) is 25.3 Å². The summed E-state index contributed by atoms with van der Waals surface area (Å²) in [6.45, 7) is 4.97. The smallest absolute Gasteiger partial charge is 0.452 e. The van der Waals surface area contributed by atoms with E-state index in [0.717, 1.165) is 32.5 Å². The van der Waals surface area contributed by atoms with E-state index >= 15 is 0 Å². The zero-order valence-corrected chi connectivity index (χ0v) is 16.4. The first-order chi connectivity index (χ1) is 12.0. The maximum atomic E-state index is 11.2. The van der Waals surface area contributed by atoms with Gasteiger partial charge in [-0.1, -0.05) is 30.3 Å². The molecule has 0 amide bonds. The minimum atomic E-state index is -3.34. The van der Waals surface area contributed by atoms with Gasteiger partial charge in [-0.05, 0) is 24.9 Å². The number of rotatable bonds is 13. The van der Waals surface area contributed by atoms with Crippen LogP contribution in [0.3, 0.4) is 0 Å². The maximum absolute atomic E-state index is 11.2. The van der Waals surface area contributed by atoms with E-state index in [0.29, 0.717) is 13.2 Å². The lowest BCUT2D eigenvalue weighted by Gasteiger charge is -2.24. The number of nitrogens with zero attached hydrogens (tertiary/aromatic N) is 1. The first-order valence-electron chi connectivity index (χ1n) is 8.45. The van der Waals surface area contributed by atoms with Crippen molar-refractivity contribution in [3.05, 3.63) is 35.9 Å². The van der Waals surface area contributed by atoms with Crippen molar-refractivity contribution in [2.45, 2.75) is 26.3 Å². The molecule has 2 N–H and O–H groups in total. The highest BCUT2D eigenvalue weighted by Gasteiger charge is 2.47. The van der Waals surface area contributed by atoms with Crippen molar-refractivity contribution in [3.8, 4) is 0 Å². The number of nitrogens with two attached hydrogens (primary N) is 1. The molecular formula is C17H30N2O5Si. The Kier molecular flexibility index (Phi) is 10.5. The molecule has 0 spiro atoms. The number of hydrogen-bond acceptors (Lipinski definition) is 7. The second kappa shape index (κ2) is 12.1. The van der Waals surface area contributed by atoms with Crippen molar-refractivity contribution >= 4 is 15.0 Å². The minimum absolute atomic E-state index is 0.406. The average Bonchev–Trinajstić information content (AvgIpc) is 2.61. The van der Waals surface area contributed by atoms with Gasteiger partial charge in [-0.3, -0.25) is 9.69 Å². The summed E-state index contributed by atoms with van der Waals surface area (Å²) < 4.78 is 21.0. The lowest BCUT2D eigenvalue weighted by atomic mass is 10.2. The summed E-state index contributed by atoms with van der Waals surface area (Å²) in [6, 6.07) is 10.3. The van der Waals surface area contributed by atoms with Crippen LogP contribution in [0, 0.1) is 0 Å². The Hall–Kier alpha value is -1.29. The Morgan fingerprint density at radius 2 is 1.80 bits per heavy atom. The summed E-state index contributed by atoms with van der Waals surface area (Å²) >= 11 is 0. The first-order valence-corrected chi connectivity index (χ1v) is 10.1. The monoisotopic (exact) mass is 370 g/mol. The second-order valence-corrected chi connectivity index (χ2v) is 7.92. The highest BCUT2D eigenvalue weighted by atomic mass is 28.4. The Morgan fingerprint density at radius 3 is 2.36 bits per heavy atom. The number of benzene rings is 1. The van der Waals surface area contributed by atoms with Crippen LogP contribution in [0.4, 0.5) is 0 Å². The van der Waals surface area contributed by atoms with Crippen LogP contribution in [-0.4, -0.2) is 60.4 Å². The molecule has 1 rings (SSSR count). The van der Waals surface area contributed by atoms with Crippen molar-refractivity contribution in [2.75, 3.05) is 40.5 Å². The van der Waals surface area contributed by atoms with E-state index in [1.807, 2.05) is 18.2 Å². The summed E-state index contributed by atoms with van der Waals surface area (Å²) in [6.07, 6.45) is 1.74. The summed E-state index contributed by atoms with van der Waals surface area (Å²) in [7, 11) is -0.507. The Labute approximate surface area is 151 Å². The van der Waals surface area contributed by atoms with Crippen molar-refractivity contribution in [1.29, 1.82) is 0 Å². The maximum Gasteiger partial charge on any atom is 0.751 e. The van der Waals surface area contributed by atoms with Gasteiger partial charge in [0.25, 0.3) is 5.97 Å². The molecule has 0 heterocycles. The van der Waals surface area contributed by atoms with Gasteiger partial charge in [0, 0.05) is 47.4 Å². The van der Waals surface area contributed by atoms with Gasteiger partial charge in [-0.25, -0.2) is 0 Å². The van der Waals surface area contributed by atoms with Crippen molar-refractivity contribution < 1.29 is 22.5 Å². The van der Waals surface area contributed by atoms with Crippen LogP contribution in [0.15, 0.2) is 30.3 Å². The normalized spacial score (nSPS) is 11.7. The van der Waals surface area contributed by atoms with E-state index in [1.165, 1.54) is 26.7 Å². The summed E-state index contributed by atoms with van der Waals surface area (Å²) in [5.41, 5.74) is 6.98. The quantitative estimate of drug-likeness (QED) is 0.416. The molecule has 0 radical (unpaired) electrons. The molecular weight excluding hydrogens is 340 g/mol. The highest BCUT2D eigenvalue weighted by Crippen LogP contribution is 2.11. The molecule has 0 fully saturated rings. The van der Waals surface area contributed by atoms with Crippen LogP contribution < -0.4 is 5.73 Å². The number of hydrogen-bond donors (Lipinski definition) is 1. The van der Waals surface area contributed by atoms with Crippen molar-refractivity contribution in [2.24, 2.45) is 5.73 Å². The first kappa shape index (κ1) is 21.7. The van der Waals surface area contributed by atoms with Gasteiger partial charge >= 0.3 is 9.05 Å². The second-order valence-electron chi connectivity index (χ2n) is 5.61.